The number of ether oxygens (including phenoxy) is 2. The van der Waals surface area contributed by atoms with Crippen molar-refractivity contribution in [2.45, 2.75) is 26.4 Å². The molecule has 5 rings (SSSR count). The Bertz CT molecular complexity index is 1230. The molecule has 5 nitrogen and oxygen atoms in total. The fourth-order valence-electron chi connectivity index (χ4n) is 5.06. The third-order valence-corrected chi connectivity index (χ3v) is 6.62. The molecule has 2 aliphatic rings. The van der Waals surface area contributed by atoms with Gasteiger partial charge in [-0.05, 0) is 56.7 Å². The highest BCUT2D eigenvalue weighted by Gasteiger charge is 2.53. The monoisotopic (exact) mass is 428 g/mol. The normalized spacial score (nSPS) is 17.8. The van der Waals surface area contributed by atoms with Crippen molar-refractivity contribution in [3.8, 4) is 11.5 Å². The summed E-state index contributed by atoms with van der Waals surface area (Å²) in [6.45, 7) is 8.16. The van der Waals surface area contributed by atoms with Crippen LogP contribution in [0.5, 0.6) is 11.5 Å². The number of esters is 1. The fraction of sp³-hybridized carbons (Fsp3) is 0.296. The van der Waals surface area contributed by atoms with Crippen molar-refractivity contribution >= 4 is 17.3 Å². The highest BCUT2D eigenvalue weighted by atomic mass is 16.6. The average Bonchev–Trinajstić information content (AvgIpc) is 3.07. The minimum atomic E-state index is -1.03. The molecule has 1 atom stereocenters. The molecule has 0 amide bonds. The van der Waals surface area contributed by atoms with Gasteiger partial charge in [0.15, 0.2) is 5.60 Å². The van der Waals surface area contributed by atoms with Crippen molar-refractivity contribution in [3.63, 3.8) is 0 Å². The molecule has 0 N–H and O–H groups in total. The number of hydrogen-bond donors (Lipinski definition) is 0. The predicted molar refractivity (Wildman–Crippen MR) is 127 cm³/mol. The van der Waals surface area contributed by atoms with E-state index in [0.717, 1.165) is 58.2 Å². The summed E-state index contributed by atoms with van der Waals surface area (Å²) in [5.74, 6) is 1.14. The summed E-state index contributed by atoms with van der Waals surface area (Å²) in [6, 6.07) is 18.0. The van der Waals surface area contributed by atoms with E-state index in [9.17, 15) is 4.79 Å². The Kier molecular flexibility index (Phi) is 4.66. The van der Waals surface area contributed by atoms with Crippen molar-refractivity contribution in [1.29, 1.82) is 0 Å². The molecule has 1 spiro atoms. The standard InChI is InChI=1S/C27H28N2O3/c1-6-29(7-2)18-12-13-21-25(15-18)31-24-14-17(3)23(28(4)5)16-22(24)27(21)20-11-9-8-10-19(20)26(30)32-27/h8-16H,6-7H2,1-5H3. The van der Waals surface area contributed by atoms with Gasteiger partial charge in [-0.15, -0.1) is 0 Å². The topological polar surface area (TPSA) is 42.0 Å². The lowest BCUT2D eigenvalue weighted by atomic mass is 9.77. The van der Waals surface area contributed by atoms with Gasteiger partial charge in [-0.2, -0.15) is 0 Å². The Hall–Kier alpha value is -3.47. The van der Waals surface area contributed by atoms with Crippen LogP contribution in [0.25, 0.3) is 0 Å². The Morgan fingerprint density at radius 1 is 0.875 bits per heavy atom. The van der Waals surface area contributed by atoms with Crippen molar-refractivity contribution < 1.29 is 14.3 Å². The van der Waals surface area contributed by atoms with Gasteiger partial charge in [0, 0.05) is 61.3 Å². The fourth-order valence-corrected chi connectivity index (χ4v) is 5.06. The first-order chi connectivity index (χ1) is 15.4. The van der Waals surface area contributed by atoms with Gasteiger partial charge < -0.3 is 19.3 Å². The molecule has 0 radical (unpaired) electrons. The van der Waals surface area contributed by atoms with Crippen LogP contribution >= 0.6 is 0 Å². The van der Waals surface area contributed by atoms with Gasteiger partial charge in [0.2, 0.25) is 0 Å². The molecule has 0 aliphatic carbocycles. The highest BCUT2D eigenvalue weighted by molar-refractivity contribution is 5.97. The Labute approximate surface area is 189 Å². The summed E-state index contributed by atoms with van der Waals surface area (Å²) in [6.07, 6.45) is 0. The molecule has 2 heterocycles. The van der Waals surface area contributed by atoms with Gasteiger partial charge in [-0.3, -0.25) is 0 Å². The zero-order chi connectivity index (χ0) is 22.6. The lowest BCUT2D eigenvalue weighted by molar-refractivity contribution is 0.0224. The smallest absolute Gasteiger partial charge is 0.340 e. The molecule has 0 fully saturated rings. The van der Waals surface area contributed by atoms with Crippen LogP contribution in [0.2, 0.25) is 0 Å². The molecule has 3 aromatic carbocycles. The third kappa shape index (κ3) is 2.73. The molecule has 0 aromatic heterocycles. The number of rotatable bonds is 4. The summed E-state index contributed by atoms with van der Waals surface area (Å²) in [4.78, 5) is 17.4. The van der Waals surface area contributed by atoms with E-state index >= 15 is 0 Å². The molecule has 32 heavy (non-hydrogen) atoms. The number of aryl methyl sites for hydroxylation is 1. The van der Waals surface area contributed by atoms with Gasteiger partial charge >= 0.3 is 5.97 Å². The quantitative estimate of drug-likeness (QED) is 0.515. The predicted octanol–water partition coefficient (Wildman–Crippen LogP) is 5.48. The third-order valence-electron chi connectivity index (χ3n) is 6.62. The van der Waals surface area contributed by atoms with E-state index in [2.05, 4.69) is 54.8 Å². The molecule has 2 aliphatic heterocycles. The number of fused-ring (bicyclic) bond motifs is 6. The second-order valence-electron chi connectivity index (χ2n) is 8.60. The van der Waals surface area contributed by atoms with E-state index in [0.29, 0.717) is 5.56 Å². The van der Waals surface area contributed by atoms with E-state index in [-0.39, 0.29) is 5.97 Å². The number of anilines is 2. The second-order valence-corrected chi connectivity index (χ2v) is 8.60. The van der Waals surface area contributed by atoms with Crippen LogP contribution in [0.3, 0.4) is 0 Å². The van der Waals surface area contributed by atoms with Gasteiger partial charge in [-0.25, -0.2) is 4.79 Å². The maximum atomic E-state index is 13.0. The van der Waals surface area contributed by atoms with Gasteiger partial charge in [0.1, 0.15) is 11.5 Å². The largest absolute Gasteiger partial charge is 0.456 e. The maximum absolute atomic E-state index is 13.0. The number of carbonyl (C=O) groups excluding carboxylic acids is 1. The number of benzene rings is 3. The van der Waals surface area contributed by atoms with Crippen molar-refractivity contribution in [2.75, 3.05) is 37.0 Å². The zero-order valence-corrected chi connectivity index (χ0v) is 19.2. The van der Waals surface area contributed by atoms with Gasteiger partial charge in [-0.1, -0.05) is 18.2 Å². The van der Waals surface area contributed by atoms with Crippen LogP contribution in [-0.4, -0.2) is 33.2 Å². The number of carbonyl (C=O) groups is 1. The van der Waals surface area contributed by atoms with Crippen molar-refractivity contribution in [1.82, 2.24) is 0 Å². The number of nitrogens with zero attached hydrogens (tertiary/aromatic N) is 2. The first-order valence-corrected chi connectivity index (χ1v) is 11.1. The van der Waals surface area contributed by atoms with E-state index < -0.39 is 5.60 Å². The molecular weight excluding hydrogens is 400 g/mol. The zero-order valence-electron chi connectivity index (χ0n) is 19.2. The highest BCUT2D eigenvalue weighted by Crippen LogP contribution is 2.57. The summed E-state index contributed by atoms with van der Waals surface area (Å²) in [7, 11) is 4.04. The number of hydrogen-bond acceptors (Lipinski definition) is 5. The minimum absolute atomic E-state index is 0.306. The molecule has 0 saturated carbocycles. The van der Waals surface area contributed by atoms with Crippen LogP contribution in [0, 0.1) is 6.92 Å². The Morgan fingerprint density at radius 3 is 2.31 bits per heavy atom. The summed E-state index contributed by atoms with van der Waals surface area (Å²) in [5, 5.41) is 0. The molecule has 0 bridgehead atoms. The first-order valence-electron chi connectivity index (χ1n) is 11.1. The van der Waals surface area contributed by atoms with E-state index in [1.165, 1.54) is 0 Å². The van der Waals surface area contributed by atoms with Crippen molar-refractivity contribution in [3.05, 3.63) is 82.4 Å². The van der Waals surface area contributed by atoms with Crippen LogP contribution in [0.1, 0.15) is 46.5 Å². The maximum Gasteiger partial charge on any atom is 0.340 e. The first kappa shape index (κ1) is 20.4. The molecule has 5 heteroatoms. The molecule has 164 valence electrons. The average molecular weight is 429 g/mol. The summed E-state index contributed by atoms with van der Waals surface area (Å²) >= 11 is 0. The van der Waals surface area contributed by atoms with Crippen LogP contribution < -0.4 is 14.5 Å². The summed E-state index contributed by atoms with van der Waals surface area (Å²) < 4.78 is 12.8. The van der Waals surface area contributed by atoms with Crippen LogP contribution in [0.4, 0.5) is 11.4 Å². The lowest BCUT2D eigenvalue weighted by Crippen LogP contribution is -2.33. The van der Waals surface area contributed by atoms with Crippen molar-refractivity contribution in [2.24, 2.45) is 0 Å². The van der Waals surface area contributed by atoms with Crippen LogP contribution in [-0.2, 0) is 10.3 Å². The van der Waals surface area contributed by atoms with E-state index in [4.69, 9.17) is 9.47 Å². The second kappa shape index (κ2) is 7.30. The molecule has 1 unspecified atom stereocenters. The molecular formula is C27H28N2O3. The SMILES string of the molecule is CCN(CC)c1ccc2c(c1)Oc1cc(C)c(N(C)C)cc1C21OC(=O)c2ccccc21. The lowest BCUT2D eigenvalue weighted by Gasteiger charge is -2.38. The van der Waals surface area contributed by atoms with E-state index in [1.807, 2.05) is 44.4 Å². The Morgan fingerprint density at radius 2 is 1.59 bits per heavy atom. The summed E-state index contributed by atoms with van der Waals surface area (Å²) in [5.41, 5.74) is 5.40. The minimum Gasteiger partial charge on any atom is -0.456 e. The molecule has 0 saturated heterocycles. The van der Waals surface area contributed by atoms with Crippen LogP contribution in [0.15, 0.2) is 54.6 Å². The van der Waals surface area contributed by atoms with Gasteiger partial charge in [0.25, 0.3) is 0 Å². The molecule has 3 aromatic rings. The van der Waals surface area contributed by atoms with Gasteiger partial charge in [0.05, 0.1) is 5.56 Å². The van der Waals surface area contributed by atoms with E-state index in [1.54, 1.807) is 0 Å². The Balaban J connectivity index is 1.82.